The Kier molecular flexibility index (Phi) is 4.35. The first-order chi connectivity index (χ1) is 7.38. The molecule has 1 aliphatic carbocycles. The maximum Gasteiger partial charge on any atom is 0.424 e. The van der Waals surface area contributed by atoms with Crippen LogP contribution in [0, 0.1) is 0 Å². The second kappa shape index (κ2) is 5.34. The maximum atomic E-state index is 11.6. The first-order valence-corrected chi connectivity index (χ1v) is 5.81. The molecule has 0 fully saturated rings. The smallest absolute Gasteiger partial charge is 0.424 e. The molecule has 0 aromatic heterocycles. The van der Waals surface area contributed by atoms with Crippen LogP contribution in [-0.2, 0) is 4.74 Å². The third-order valence-electron chi connectivity index (χ3n) is 2.39. The van der Waals surface area contributed by atoms with Crippen LogP contribution < -0.4 is 5.84 Å². The highest BCUT2D eigenvalue weighted by atomic mass is 16.6. The molecule has 0 atom stereocenters. The third kappa shape index (κ3) is 4.66. The van der Waals surface area contributed by atoms with E-state index >= 15 is 0 Å². The molecule has 0 bridgehead atoms. The van der Waals surface area contributed by atoms with Gasteiger partial charge in [-0.2, -0.15) is 0 Å². The molecule has 1 rings (SSSR count). The van der Waals surface area contributed by atoms with Gasteiger partial charge in [0.1, 0.15) is 5.60 Å². The van der Waals surface area contributed by atoms with Gasteiger partial charge in [0.2, 0.25) is 0 Å². The van der Waals surface area contributed by atoms with E-state index in [1.54, 1.807) is 0 Å². The predicted molar refractivity (Wildman–Crippen MR) is 63.7 cm³/mol. The summed E-state index contributed by atoms with van der Waals surface area (Å²) in [5, 5.41) is 1.16. The van der Waals surface area contributed by atoms with Crippen molar-refractivity contribution < 1.29 is 9.53 Å². The zero-order chi connectivity index (χ0) is 12.2. The van der Waals surface area contributed by atoms with Crippen molar-refractivity contribution in [2.45, 2.75) is 52.1 Å². The highest BCUT2D eigenvalue weighted by Crippen LogP contribution is 2.18. The van der Waals surface area contributed by atoms with Crippen LogP contribution in [0.3, 0.4) is 0 Å². The number of ether oxygens (including phenoxy) is 1. The van der Waals surface area contributed by atoms with Gasteiger partial charge in [0.25, 0.3) is 0 Å². The molecule has 2 N–H and O–H groups in total. The Bertz CT molecular complexity index is 279. The van der Waals surface area contributed by atoms with Crippen molar-refractivity contribution in [3.05, 3.63) is 11.6 Å². The summed E-state index contributed by atoms with van der Waals surface area (Å²) in [6.07, 6.45) is 6.27. The summed E-state index contributed by atoms with van der Waals surface area (Å²) >= 11 is 0. The number of rotatable bonds is 2. The Hall–Kier alpha value is -1.03. The minimum Gasteiger partial charge on any atom is -0.443 e. The fraction of sp³-hybridized carbons (Fsp3) is 0.750. The van der Waals surface area contributed by atoms with E-state index in [0.29, 0.717) is 6.54 Å². The molecule has 4 nitrogen and oxygen atoms in total. The summed E-state index contributed by atoms with van der Waals surface area (Å²) in [6, 6.07) is 0. The summed E-state index contributed by atoms with van der Waals surface area (Å²) in [5.74, 6) is 5.67. The SMILES string of the molecule is CC(C)(C)OC(=O)N(N)CC1=CCCCC1. The van der Waals surface area contributed by atoms with Crippen molar-refractivity contribution in [1.82, 2.24) is 5.01 Å². The monoisotopic (exact) mass is 226 g/mol. The van der Waals surface area contributed by atoms with Crippen molar-refractivity contribution in [2.75, 3.05) is 6.54 Å². The Morgan fingerprint density at radius 1 is 1.50 bits per heavy atom. The second-order valence-corrected chi connectivity index (χ2v) is 5.22. The average Bonchev–Trinajstić information content (AvgIpc) is 2.16. The summed E-state index contributed by atoms with van der Waals surface area (Å²) in [6.45, 7) is 5.98. The molecule has 0 saturated carbocycles. The molecule has 1 amide bonds. The second-order valence-electron chi connectivity index (χ2n) is 5.22. The normalized spacial score (nSPS) is 16.6. The van der Waals surface area contributed by atoms with E-state index in [-0.39, 0.29) is 0 Å². The molecule has 0 heterocycles. The number of allylic oxidation sites excluding steroid dienone is 1. The molecule has 0 aromatic rings. The van der Waals surface area contributed by atoms with Gasteiger partial charge in [-0.15, -0.1) is 0 Å². The average molecular weight is 226 g/mol. The van der Waals surface area contributed by atoms with E-state index in [9.17, 15) is 4.79 Å². The van der Waals surface area contributed by atoms with Crippen molar-refractivity contribution in [1.29, 1.82) is 0 Å². The maximum absolute atomic E-state index is 11.6. The quantitative estimate of drug-likeness (QED) is 0.341. The third-order valence-corrected chi connectivity index (χ3v) is 2.39. The minimum atomic E-state index is -0.490. The van der Waals surface area contributed by atoms with Gasteiger partial charge in [0, 0.05) is 0 Å². The van der Waals surface area contributed by atoms with Crippen LogP contribution in [0.5, 0.6) is 0 Å². The lowest BCUT2D eigenvalue weighted by Crippen LogP contribution is -2.42. The summed E-state index contributed by atoms with van der Waals surface area (Å²) in [7, 11) is 0. The van der Waals surface area contributed by atoms with Crippen LogP contribution in [0.2, 0.25) is 0 Å². The molecule has 0 aromatic carbocycles. The standard InChI is InChI=1S/C12H22N2O2/c1-12(2,3)16-11(15)14(13)9-10-7-5-4-6-8-10/h7H,4-6,8-9,13H2,1-3H3. The van der Waals surface area contributed by atoms with Gasteiger partial charge < -0.3 is 4.74 Å². The molecule has 0 spiro atoms. The molecular formula is C12H22N2O2. The van der Waals surface area contributed by atoms with Crippen LogP contribution in [0.25, 0.3) is 0 Å². The van der Waals surface area contributed by atoms with Crippen LogP contribution >= 0.6 is 0 Å². The van der Waals surface area contributed by atoms with Gasteiger partial charge >= 0.3 is 6.09 Å². The number of hydrazine groups is 1. The fourth-order valence-electron chi connectivity index (χ4n) is 1.65. The lowest BCUT2D eigenvalue weighted by molar-refractivity contribution is 0.0263. The Labute approximate surface area is 97.4 Å². The van der Waals surface area contributed by atoms with Crippen LogP contribution in [0.15, 0.2) is 11.6 Å². The first-order valence-electron chi connectivity index (χ1n) is 5.81. The molecule has 0 saturated heterocycles. The summed E-state index contributed by atoms with van der Waals surface area (Å²) < 4.78 is 5.18. The van der Waals surface area contributed by atoms with E-state index in [1.807, 2.05) is 20.8 Å². The van der Waals surface area contributed by atoms with Crippen molar-refractivity contribution >= 4 is 6.09 Å². The highest BCUT2D eigenvalue weighted by molar-refractivity contribution is 5.67. The largest absolute Gasteiger partial charge is 0.443 e. The van der Waals surface area contributed by atoms with E-state index in [4.69, 9.17) is 10.6 Å². The van der Waals surface area contributed by atoms with Gasteiger partial charge in [-0.05, 0) is 46.5 Å². The molecule has 0 unspecified atom stereocenters. The molecule has 4 heteroatoms. The van der Waals surface area contributed by atoms with Gasteiger partial charge in [-0.1, -0.05) is 11.6 Å². The lowest BCUT2D eigenvalue weighted by atomic mass is 10.00. The number of amides is 1. The number of hydrogen-bond acceptors (Lipinski definition) is 3. The molecule has 92 valence electrons. The zero-order valence-electron chi connectivity index (χ0n) is 10.5. The Balaban J connectivity index is 2.42. The number of nitrogens with two attached hydrogens (primary N) is 1. The lowest BCUT2D eigenvalue weighted by Gasteiger charge is -2.25. The number of carbonyl (C=O) groups excluding carboxylic acids is 1. The van der Waals surface area contributed by atoms with Crippen molar-refractivity contribution in [3.63, 3.8) is 0 Å². The van der Waals surface area contributed by atoms with Gasteiger partial charge in [0.15, 0.2) is 0 Å². The fourth-order valence-corrected chi connectivity index (χ4v) is 1.65. The number of nitrogens with zero attached hydrogens (tertiary/aromatic N) is 1. The van der Waals surface area contributed by atoms with E-state index < -0.39 is 11.7 Å². The van der Waals surface area contributed by atoms with E-state index in [1.165, 1.54) is 18.4 Å². The van der Waals surface area contributed by atoms with Crippen molar-refractivity contribution in [2.24, 2.45) is 5.84 Å². The summed E-state index contributed by atoms with van der Waals surface area (Å²) in [4.78, 5) is 11.6. The van der Waals surface area contributed by atoms with Crippen molar-refractivity contribution in [3.8, 4) is 0 Å². The zero-order valence-corrected chi connectivity index (χ0v) is 10.5. The first kappa shape index (κ1) is 13.0. The summed E-state index contributed by atoms with van der Waals surface area (Å²) in [5.41, 5.74) is 0.745. The Morgan fingerprint density at radius 3 is 2.69 bits per heavy atom. The number of hydrogen-bond donors (Lipinski definition) is 1. The van der Waals surface area contributed by atoms with Crippen LogP contribution in [0.4, 0.5) is 4.79 Å². The molecule has 0 radical (unpaired) electrons. The topological polar surface area (TPSA) is 55.6 Å². The minimum absolute atomic E-state index is 0.459. The molecule has 0 aliphatic heterocycles. The van der Waals surface area contributed by atoms with Gasteiger partial charge in [0.05, 0.1) is 6.54 Å². The highest BCUT2D eigenvalue weighted by Gasteiger charge is 2.20. The van der Waals surface area contributed by atoms with E-state index in [2.05, 4.69) is 6.08 Å². The Morgan fingerprint density at radius 2 is 2.19 bits per heavy atom. The predicted octanol–water partition coefficient (Wildman–Crippen LogP) is 2.60. The van der Waals surface area contributed by atoms with Crippen LogP contribution in [0.1, 0.15) is 46.5 Å². The number of carbonyl (C=O) groups is 1. The van der Waals surface area contributed by atoms with E-state index in [0.717, 1.165) is 17.9 Å². The molecule has 1 aliphatic rings. The molecule has 16 heavy (non-hydrogen) atoms. The van der Waals surface area contributed by atoms with Gasteiger partial charge in [-0.25, -0.2) is 15.6 Å². The van der Waals surface area contributed by atoms with Gasteiger partial charge in [-0.3, -0.25) is 0 Å². The molecular weight excluding hydrogens is 204 g/mol. The van der Waals surface area contributed by atoms with Crippen LogP contribution in [-0.4, -0.2) is 23.2 Å².